The number of rotatable bonds is 6. The number of anilines is 3. The molecule has 1 saturated carbocycles. The highest BCUT2D eigenvalue weighted by molar-refractivity contribution is 6.74. The van der Waals surface area contributed by atoms with E-state index in [9.17, 15) is 4.79 Å². The van der Waals surface area contributed by atoms with E-state index in [1.165, 1.54) is 18.5 Å². The average Bonchev–Trinajstić information content (AvgIpc) is 2.71. The minimum Gasteiger partial charge on any atom is -0.414 e. The number of carbonyl (C=O) groups excluding carboxylic acids is 1. The van der Waals surface area contributed by atoms with E-state index in [2.05, 4.69) is 59.8 Å². The highest BCUT2D eigenvalue weighted by Crippen LogP contribution is 2.39. The van der Waals surface area contributed by atoms with Gasteiger partial charge in [0.05, 0.1) is 15.7 Å². The molecule has 0 saturated heterocycles. The molecule has 3 N–H and O–H groups in total. The molecule has 1 fully saturated rings. The third-order valence-corrected chi connectivity index (χ3v) is 11.8. The van der Waals surface area contributed by atoms with Gasteiger partial charge in [-0.2, -0.15) is 0 Å². The van der Waals surface area contributed by atoms with Gasteiger partial charge in [-0.05, 0) is 55.9 Å². The summed E-state index contributed by atoms with van der Waals surface area (Å²) < 4.78 is 6.58. The number of nitrogens with one attached hydrogen (secondary N) is 3. The van der Waals surface area contributed by atoms with E-state index in [0.29, 0.717) is 28.8 Å². The Morgan fingerprint density at radius 1 is 0.971 bits per heavy atom. The minimum atomic E-state index is -1.76. The van der Waals surface area contributed by atoms with E-state index in [-0.39, 0.29) is 20.8 Å². The van der Waals surface area contributed by atoms with E-state index in [1.807, 2.05) is 0 Å². The third-order valence-electron chi connectivity index (χ3n) is 6.45. The van der Waals surface area contributed by atoms with Crippen LogP contribution in [0.2, 0.25) is 33.2 Å². The van der Waals surface area contributed by atoms with Crippen molar-refractivity contribution in [2.75, 3.05) is 16.0 Å². The number of urea groups is 1. The minimum absolute atomic E-state index is 0.211. The van der Waals surface area contributed by atoms with Crippen molar-refractivity contribution in [3.8, 4) is 0 Å². The largest absolute Gasteiger partial charge is 0.414 e. The molecular formula is C23H32Cl3N5O2Si. The second-order valence-corrected chi connectivity index (χ2v) is 16.1. The lowest BCUT2D eigenvalue weighted by atomic mass is 9.93. The molecule has 1 aliphatic rings. The number of hydrogen-bond donors (Lipinski definition) is 3. The van der Waals surface area contributed by atoms with Crippen molar-refractivity contribution in [3.63, 3.8) is 0 Å². The summed E-state index contributed by atoms with van der Waals surface area (Å²) in [5, 5.41) is 9.84. The molecule has 1 aromatic heterocycles. The predicted molar refractivity (Wildman–Crippen MR) is 144 cm³/mol. The van der Waals surface area contributed by atoms with E-state index < -0.39 is 14.3 Å². The molecular weight excluding hydrogens is 513 g/mol. The second-order valence-electron chi connectivity index (χ2n) is 10.1. The van der Waals surface area contributed by atoms with Gasteiger partial charge in [-0.15, -0.1) is 0 Å². The maximum Gasteiger partial charge on any atom is 0.324 e. The first-order valence-electron chi connectivity index (χ1n) is 11.3. The summed E-state index contributed by atoms with van der Waals surface area (Å²) in [6.45, 7) is 11.4. The fourth-order valence-electron chi connectivity index (χ4n) is 3.55. The van der Waals surface area contributed by atoms with Crippen LogP contribution >= 0.6 is 34.8 Å². The first-order chi connectivity index (χ1) is 15.8. The van der Waals surface area contributed by atoms with Crippen LogP contribution in [0.25, 0.3) is 0 Å². The standard InChI is InChI=1S/C23H32Cl3N5O2Si/c1-23(2,3)34(4,5)33-16-8-6-15(7-9-16)29-19-12-20(28-13-27-19)30-22(32)31-21-17(25)10-14(24)11-18(21)26/h10-13,15-16H,6-9H2,1-5H3,(H3,27,28,29,30,31,32)/t15-,16-. The molecule has 0 spiro atoms. The number of benzene rings is 1. The predicted octanol–water partition coefficient (Wildman–Crippen LogP) is 7.83. The summed E-state index contributed by atoms with van der Waals surface area (Å²) in [6.07, 6.45) is 5.76. The van der Waals surface area contributed by atoms with Gasteiger partial charge in [0.1, 0.15) is 18.0 Å². The summed E-state index contributed by atoms with van der Waals surface area (Å²) in [4.78, 5) is 20.9. The van der Waals surface area contributed by atoms with Gasteiger partial charge in [0, 0.05) is 23.2 Å². The highest BCUT2D eigenvalue weighted by Gasteiger charge is 2.39. The van der Waals surface area contributed by atoms with Crippen molar-refractivity contribution in [1.29, 1.82) is 0 Å². The van der Waals surface area contributed by atoms with E-state index in [1.54, 1.807) is 6.07 Å². The fraction of sp³-hybridized carbons (Fsp3) is 0.522. The van der Waals surface area contributed by atoms with Crippen molar-refractivity contribution < 1.29 is 9.22 Å². The average molecular weight is 545 g/mol. The molecule has 1 aromatic carbocycles. The molecule has 1 aliphatic carbocycles. The molecule has 7 nitrogen and oxygen atoms in total. The zero-order valence-corrected chi connectivity index (χ0v) is 23.4. The maximum atomic E-state index is 12.4. The lowest BCUT2D eigenvalue weighted by Gasteiger charge is -2.41. The lowest BCUT2D eigenvalue weighted by Crippen LogP contribution is -2.45. The number of hydrogen-bond acceptors (Lipinski definition) is 5. The first kappa shape index (κ1) is 27.0. The molecule has 2 amide bonds. The zero-order valence-electron chi connectivity index (χ0n) is 20.1. The van der Waals surface area contributed by atoms with Crippen molar-refractivity contribution in [2.45, 2.75) is 76.7 Å². The van der Waals surface area contributed by atoms with Crippen LogP contribution in [0, 0.1) is 0 Å². The van der Waals surface area contributed by atoms with Crippen LogP contribution in [-0.4, -0.2) is 36.5 Å². The Balaban J connectivity index is 1.53. The molecule has 0 aliphatic heterocycles. The number of carbonyl (C=O) groups is 1. The number of nitrogens with zero attached hydrogens (tertiary/aromatic N) is 2. The van der Waals surface area contributed by atoms with Crippen LogP contribution in [0.3, 0.4) is 0 Å². The maximum absolute atomic E-state index is 12.4. The second kappa shape index (κ2) is 11.0. The van der Waals surface area contributed by atoms with Gasteiger partial charge in [-0.3, -0.25) is 5.32 Å². The smallest absolute Gasteiger partial charge is 0.324 e. The van der Waals surface area contributed by atoms with Crippen LogP contribution in [0.1, 0.15) is 46.5 Å². The molecule has 34 heavy (non-hydrogen) atoms. The number of halogens is 3. The normalized spacial score (nSPS) is 18.9. The van der Waals surface area contributed by atoms with Gasteiger partial charge in [0.25, 0.3) is 0 Å². The number of amides is 2. The SMILES string of the molecule is CC(C)(C)[Si](C)(C)O[C@H]1CC[C@H](Nc2cc(NC(=O)Nc3c(Cl)cc(Cl)cc3Cl)ncn2)CC1. The Kier molecular flexibility index (Phi) is 8.73. The molecule has 3 rings (SSSR count). The van der Waals surface area contributed by atoms with Gasteiger partial charge in [0.15, 0.2) is 8.32 Å². The topological polar surface area (TPSA) is 88.2 Å². The van der Waals surface area contributed by atoms with Crippen LogP contribution in [0.4, 0.5) is 22.1 Å². The van der Waals surface area contributed by atoms with Gasteiger partial charge >= 0.3 is 6.03 Å². The summed E-state index contributed by atoms with van der Waals surface area (Å²) in [5.74, 6) is 1.01. The third kappa shape index (κ3) is 7.21. The van der Waals surface area contributed by atoms with Crippen LogP contribution in [0.5, 0.6) is 0 Å². The van der Waals surface area contributed by atoms with Gasteiger partial charge in [-0.1, -0.05) is 55.6 Å². The summed E-state index contributed by atoms with van der Waals surface area (Å²) in [5.41, 5.74) is 0.273. The molecule has 2 aromatic rings. The molecule has 0 unspecified atom stereocenters. The first-order valence-corrected chi connectivity index (χ1v) is 15.4. The Labute approximate surface area is 217 Å². The van der Waals surface area contributed by atoms with Crippen molar-refractivity contribution in [2.24, 2.45) is 0 Å². The number of aromatic nitrogens is 2. The summed E-state index contributed by atoms with van der Waals surface area (Å²) in [7, 11) is -1.76. The lowest BCUT2D eigenvalue weighted by molar-refractivity contribution is 0.133. The van der Waals surface area contributed by atoms with E-state index >= 15 is 0 Å². The quantitative estimate of drug-likeness (QED) is 0.323. The Morgan fingerprint density at radius 3 is 2.15 bits per heavy atom. The monoisotopic (exact) mass is 543 g/mol. The zero-order chi connectivity index (χ0) is 25.1. The molecule has 1 heterocycles. The highest BCUT2D eigenvalue weighted by atomic mass is 35.5. The summed E-state index contributed by atoms with van der Waals surface area (Å²) in [6, 6.07) is 4.47. The Hall–Kier alpha value is -1.58. The molecule has 186 valence electrons. The Morgan fingerprint density at radius 2 is 1.56 bits per heavy atom. The van der Waals surface area contributed by atoms with Crippen molar-refractivity contribution in [1.82, 2.24) is 9.97 Å². The van der Waals surface area contributed by atoms with Crippen LogP contribution in [0.15, 0.2) is 24.5 Å². The van der Waals surface area contributed by atoms with Crippen molar-refractivity contribution in [3.05, 3.63) is 39.6 Å². The summed E-state index contributed by atoms with van der Waals surface area (Å²) >= 11 is 18.2. The molecule has 0 bridgehead atoms. The van der Waals surface area contributed by atoms with Gasteiger partial charge in [-0.25, -0.2) is 14.8 Å². The van der Waals surface area contributed by atoms with Crippen LogP contribution < -0.4 is 16.0 Å². The van der Waals surface area contributed by atoms with Gasteiger partial charge < -0.3 is 15.1 Å². The molecule has 0 atom stereocenters. The molecule has 0 radical (unpaired) electrons. The van der Waals surface area contributed by atoms with Gasteiger partial charge in [0.2, 0.25) is 0 Å². The van der Waals surface area contributed by atoms with Crippen LogP contribution in [-0.2, 0) is 4.43 Å². The Bertz CT molecular complexity index is 1000. The van der Waals surface area contributed by atoms with Crippen molar-refractivity contribution >= 4 is 66.5 Å². The molecule has 11 heteroatoms. The van der Waals surface area contributed by atoms with E-state index in [4.69, 9.17) is 39.2 Å². The van der Waals surface area contributed by atoms with E-state index in [0.717, 1.165) is 25.7 Å². The fourth-order valence-corrected chi connectivity index (χ4v) is 5.89.